The average Bonchev–Trinajstić information content (AvgIpc) is 2.29. The molecular formula is C12H10FNO2P+. The van der Waals surface area contributed by atoms with E-state index >= 15 is 0 Å². The van der Waals surface area contributed by atoms with Crippen molar-refractivity contribution in [3.63, 3.8) is 0 Å². The summed E-state index contributed by atoms with van der Waals surface area (Å²) in [5.41, 5.74) is 2.06. The summed E-state index contributed by atoms with van der Waals surface area (Å²) in [6.07, 6.45) is 1.61. The number of rotatable bonds is 3. The van der Waals surface area contributed by atoms with Gasteiger partial charge in [0, 0.05) is 11.8 Å². The van der Waals surface area contributed by atoms with Gasteiger partial charge in [-0.05, 0) is 28.3 Å². The number of nitrogens with zero attached hydrogens (tertiary/aromatic N) is 1. The van der Waals surface area contributed by atoms with Crippen LogP contribution in [0.25, 0.3) is 11.1 Å². The standard InChI is InChI=1S/C12H9FNO2P/c13-11-3-1-2-9(6-11)10-4-5-12(14-7-10)8-17(15)16/h1-7H,8H2/p+1. The third-order valence-electron chi connectivity index (χ3n) is 2.28. The summed E-state index contributed by atoms with van der Waals surface area (Å²) >= 11 is 0. The van der Waals surface area contributed by atoms with Crippen LogP contribution in [0.1, 0.15) is 5.69 Å². The molecule has 3 nitrogen and oxygen atoms in total. The summed E-state index contributed by atoms with van der Waals surface area (Å²) in [6, 6.07) is 9.64. The molecule has 0 spiro atoms. The fourth-order valence-electron chi connectivity index (χ4n) is 1.50. The Kier molecular flexibility index (Phi) is 3.57. The first-order valence-corrected chi connectivity index (χ1v) is 6.39. The highest BCUT2D eigenvalue weighted by Gasteiger charge is 2.12. The highest BCUT2D eigenvalue weighted by Crippen LogP contribution is 2.23. The summed E-state index contributed by atoms with van der Waals surface area (Å²) in [5.74, 6) is -0.301. The second-order valence-corrected chi connectivity index (χ2v) is 4.58. The van der Waals surface area contributed by atoms with E-state index in [4.69, 9.17) is 4.89 Å². The zero-order valence-corrected chi connectivity index (χ0v) is 9.77. The van der Waals surface area contributed by atoms with Crippen molar-refractivity contribution in [3.05, 3.63) is 54.1 Å². The van der Waals surface area contributed by atoms with Gasteiger partial charge in [-0.1, -0.05) is 18.2 Å². The molecular weight excluding hydrogens is 240 g/mol. The van der Waals surface area contributed by atoms with Crippen LogP contribution in [0.2, 0.25) is 0 Å². The van der Waals surface area contributed by atoms with Gasteiger partial charge in [-0.15, -0.1) is 0 Å². The van der Waals surface area contributed by atoms with Crippen LogP contribution in [0.15, 0.2) is 42.6 Å². The van der Waals surface area contributed by atoms with Gasteiger partial charge in [0.2, 0.25) is 6.16 Å². The van der Waals surface area contributed by atoms with Gasteiger partial charge < -0.3 is 0 Å². The number of halogens is 1. The van der Waals surface area contributed by atoms with E-state index in [2.05, 4.69) is 4.98 Å². The lowest BCUT2D eigenvalue weighted by molar-refractivity contribution is 0.501. The molecule has 2 aromatic rings. The van der Waals surface area contributed by atoms with Gasteiger partial charge in [0.25, 0.3) is 0 Å². The molecule has 0 radical (unpaired) electrons. The normalized spacial score (nSPS) is 11.3. The molecule has 86 valence electrons. The Morgan fingerprint density at radius 2 is 2.06 bits per heavy atom. The molecule has 0 aliphatic carbocycles. The Morgan fingerprint density at radius 3 is 2.65 bits per heavy atom. The summed E-state index contributed by atoms with van der Waals surface area (Å²) in [7, 11) is -2.22. The Morgan fingerprint density at radius 1 is 1.24 bits per heavy atom. The monoisotopic (exact) mass is 250 g/mol. The molecule has 0 saturated heterocycles. The molecule has 1 atom stereocenters. The minimum Gasteiger partial charge on any atom is -0.256 e. The van der Waals surface area contributed by atoms with E-state index in [9.17, 15) is 8.96 Å². The molecule has 2 rings (SSSR count). The van der Waals surface area contributed by atoms with Crippen molar-refractivity contribution in [3.8, 4) is 11.1 Å². The number of hydrogen-bond acceptors (Lipinski definition) is 2. The van der Waals surface area contributed by atoms with E-state index in [1.807, 2.05) is 0 Å². The predicted molar refractivity (Wildman–Crippen MR) is 63.2 cm³/mol. The van der Waals surface area contributed by atoms with Crippen LogP contribution in [0, 0.1) is 5.82 Å². The van der Waals surface area contributed by atoms with Crippen molar-refractivity contribution in [1.29, 1.82) is 0 Å². The SMILES string of the molecule is O=[P+](O)Cc1ccc(-c2cccc(F)c2)cn1. The Hall–Kier alpha value is -1.64. The first-order valence-electron chi connectivity index (χ1n) is 4.99. The van der Waals surface area contributed by atoms with Crippen LogP contribution >= 0.6 is 8.03 Å². The molecule has 0 saturated carbocycles. The average molecular weight is 250 g/mol. The zero-order valence-electron chi connectivity index (χ0n) is 8.88. The second kappa shape index (κ2) is 5.13. The fourth-order valence-corrected chi connectivity index (χ4v) is 1.96. The summed E-state index contributed by atoms with van der Waals surface area (Å²) in [4.78, 5) is 12.8. The fraction of sp³-hybridized carbons (Fsp3) is 0.0833. The molecule has 1 heterocycles. The maximum absolute atomic E-state index is 13.0. The van der Waals surface area contributed by atoms with Crippen LogP contribution in [-0.4, -0.2) is 9.88 Å². The van der Waals surface area contributed by atoms with Crippen LogP contribution in [0.3, 0.4) is 0 Å². The van der Waals surface area contributed by atoms with Crippen LogP contribution in [-0.2, 0) is 10.7 Å². The van der Waals surface area contributed by atoms with Crippen molar-refractivity contribution in [2.45, 2.75) is 6.16 Å². The quantitative estimate of drug-likeness (QED) is 0.851. The van der Waals surface area contributed by atoms with Crippen molar-refractivity contribution in [1.82, 2.24) is 4.98 Å². The second-order valence-electron chi connectivity index (χ2n) is 3.56. The van der Waals surface area contributed by atoms with E-state index < -0.39 is 8.03 Å². The molecule has 5 heteroatoms. The molecule has 1 aromatic carbocycles. The van der Waals surface area contributed by atoms with E-state index in [1.54, 1.807) is 30.5 Å². The third-order valence-corrected chi connectivity index (χ3v) is 2.87. The number of benzene rings is 1. The van der Waals surface area contributed by atoms with Gasteiger partial charge in [0.05, 0.1) is 5.69 Å². The first-order chi connectivity index (χ1) is 8.15. The Bertz CT molecular complexity index is 542. The molecule has 17 heavy (non-hydrogen) atoms. The van der Waals surface area contributed by atoms with Crippen LogP contribution in [0.4, 0.5) is 4.39 Å². The summed E-state index contributed by atoms with van der Waals surface area (Å²) < 4.78 is 23.6. The minimum absolute atomic E-state index is 0.0404. The van der Waals surface area contributed by atoms with E-state index in [-0.39, 0.29) is 12.0 Å². The summed E-state index contributed by atoms with van der Waals surface area (Å²) in [6.45, 7) is 0. The van der Waals surface area contributed by atoms with Gasteiger partial charge >= 0.3 is 8.03 Å². The lowest BCUT2D eigenvalue weighted by Gasteiger charge is -2.01. The molecule has 1 aromatic heterocycles. The van der Waals surface area contributed by atoms with Crippen molar-refractivity contribution in [2.24, 2.45) is 0 Å². The zero-order chi connectivity index (χ0) is 12.3. The smallest absolute Gasteiger partial charge is 0.256 e. The van der Waals surface area contributed by atoms with E-state index in [1.165, 1.54) is 12.1 Å². The Labute approximate surface area is 98.8 Å². The predicted octanol–water partition coefficient (Wildman–Crippen LogP) is 3.12. The maximum Gasteiger partial charge on any atom is 0.511 e. The molecule has 0 fully saturated rings. The lowest BCUT2D eigenvalue weighted by Crippen LogP contribution is -1.87. The van der Waals surface area contributed by atoms with Gasteiger partial charge in [0.1, 0.15) is 5.82 Å². The van der Waals surface area contributed by atoms with E-state index in [0.29, 0.717) is 5.69 Å². The number of hydrogen-bond donors (Lipinski definition) is 1. The van der Waals surface area contributed by atoms with Crippen molar-refractivity contribution < 1.29 is 13.8 Å². The molecule has 1 unspecified atom stereocenters. The lowest BCUT2D eigenvalue weighted by atomic mass is 10.1. The molecule has 0 aliphatic rings. The number of aromatic nitrogens is 1. The van der Waals surface area contributed by atoms with Gasteiger partial charge in [0.15, 0.2) is 0 Å². The largest absolute Gasteiger partial charge is 0.511 e. The maximum atomic E-state index is 13.0. The topological polar surface area (TPSA) is 50.2 Å². The van der Waals surface area contributed by atoms with Crippen LogP contribution in [0.5, 0.6) is 0 Å². The molecule has 1 N–H and O–H groups in total. The van der Waals surface area contributed by atoms with Crippen molar-refractivity contribution in [2.75, 3.05) is 0 Å². The van der Waals surface area contributed by atoms with Crippen LogP contribution < -0.4 is 0 Å². The first kappa shape index (κ1) is 11.8. The van der Waals surface area contributed by atoms with Gasteiger partial charge in [-0.2, -0.15) is 4.89 Å². The Balaban J connectivity index is 2.26. The van der Waals surface area contributed by atoms with E-state index in [0.717, 1.165) is 11.1 Å². The molecule has 0 amide bonds. The van der Waals surface area contributed by atoms with Gasteiger partial charge in [-0.3, -0.25) is 4.98 Å². The highest BCUT2D eigenvalue weighted by atomic mass is 31.1. The van der Waals surface area contributed by atoms with Gasteiger partial charge in [-0.25, -0.2) is 4.39 Å². The molecule has 0 bridgehead atoms. The summed E-state index contributed by atoms with van der Waals surface area (Å²) in [5, 5.41) is 0. The minimum atomic E-state index is -2.22. The molecule has 0 aliphatic heterocycles. The highest BCUT2D eigenvalue weighted by molar-refractivity contribution is 7.37. The third kappa shape index (κ3) is 3.16. The van der Waals surface area contributed by atoms with Crippen molar-refractivity contribution >= 4 is 8.03 Å². The number of pyridine rings is 1.